The lowest BCUT2D eigenvalue weighted by Crippen LogP contribution is -2.35. The van der Waals surface area contributed by atoms with Crippen LogP contribution in [0.2, 0.25) is 0 Å². The van der Waals surface area contributed by atoms with Crippen molar-refractivity contribution in [2.24, 2.45) is 22.5 Å². The molecule has 0 aromatic rings. The van der Waals surface area contributed by atoms with Crippen molar-refractivity contribution in [3.8, 4) is 0 Å². The molecule has 0 saturated heterocycles. The molecular weight excluding hydrogens is 146 g/mol. The van der Waals surface area contributed by atoms with E-state index in [0.717, 1.165) is 6.54 Å². The Balaban J connectivity index is 2.91. The molecule has 1 rings (SSSR count). The van der Waals surface area contributed by atoms with E-state index in [-0.39, 0.29) is 5.41 Å². The first-order valence-corrected chi connectivity index (χ1v) is 4.81. The molecule has 2 atom stereocenters. The third-order valence-corrected chi connectivity index (χ3v) is 4.24. The fourth-order valence-electron chi connectivity index (χ4n) is 2.40. The third-order valence-electron chi connectivity index (χ3n) is 4.24. The average Bonchev–Trinajstić information content (AvgIpc) is 2.25. The van der Waals surface area contributed by atoms with Crippen LogP contribution in [0.15, 0.2) is 12.7 Å². The van der Waals surface area contributed by atoms with E-state index < -0.39 is 0 Å². The lowest BCUT2D eigenvalue weighted by Gasteiger charge is -2.39. The number of hydrogen-bond donors (Lipinski definition) is 1. The first-order valence-electron chi connectivity index (χ1n) is 4.81. The molecule has 0 heterocycles. The van der Waals surface area contributed by atoms with Crippen LogP contribution >= 0.6 is 0 Å². The van der Waals surface area contributed by atoms with E-state index in [2.05, 4.69) is 33.4 Å². The lowest BCUT2D eigenvalue weighted by atomic mass is 9.66. The molecule has 1 nitrogen and oxygen atoms in total. The molecular formula is C11H21N. The molecule has 12 heavy (non-hydrogen) atoms. The van der Waals surface area contributed by atoms with E-state index >= 15 is 0 Å². The maximum atomic E-state index is 5.75. The standard InChI is InChI=1S/C11H21N/c1-5-11(4)7-6-9(8-12)10(11,2)3/h5,9H,1,6-8,12H2,2-4H3. The second kappa shape index (κ2) is 2.88. The zero-order valence-electron chi connectivity index (χ0n) is 8.56. The molecule has 0 aliphatic heterocycles. The summed E-state index contributed by atoms with van der Waals surface area (Å²) >= 11 is 0. The molecule has 2 N–H and O–H groups in total. The van der Waals surface area contributed by atoms with Gasteiger partial charge in [0.1, 0.15) is 0 Å². The van der Waals surface area contributed by atoms with Crippen LogP contribution in [0.3, 0.4) is 0 Å². The third kappa shape index (κ3) is 1.11. The second-order valence-corrected chi connectivity index (χ2v) is 4.81. The van der Waals surface area contributed by atoms with E-state index in [9.17, 15) is 0 Å². The molecule has 1 fully saturated rings. The summed E-state index contributed by atoms with van der Waals surface area (Å²) in [5.74, 6) is 0.667. The quantitative estimate of drug-likeness (QED) is 0.628. The van der Waals surface area contributed by atoms with E-state index in [1.165, 1.54) is 12.8 Å². The van der Waals surface area contributed by atoms with Crippen molar-refractivity contribution in [2.45, 2.75) is 33.6 Å². The molecule has 1 heteroatoms. The van der Waals surface area contributed by atoms with Gasteiger partial charge in [-0.1, -0.05) is 26.8 Å². The molecule has 1 saturated carbocycles. The molecule has 0 aromatic carbocycles. The SMILES string of the molecule is C=CC1(C)CCC(CN)C1(C)C. The number of rotatable bonds is 2. The van der Waals surface area contributed by atoms with Crippen molar-refractivity contribution in [2.75, 3.05) is 6.54 Å². The monoisotopic (exact) mass is 167 g/mol. The number of nitrogens with two attached hydrogens (primary N) is 1. The minimum atomic E-state index is 0.289. The van der Waals surface area contributed by atoms with Gasteiger partial charge < -0.3 is 5.73 Å². The van der Waals surface area contributed by atoms with Crippen LogP contribution in [0, 0.1) is 16.7 Å². The molecule has 1 aliphatic rings. The van der Waals surface area contributed by atoms with Gasteiger partial charge in [0, 0.05) is 0 Å². The topological polar surface area (TPSA) is 26.0 Å². The van der Waals surface area contributed by atoms with Gasteiger partial charge in [0.05, 0.1) is 0 Å². The van der Waals surface area contributed by atoms with Gasteiger partial charge in [-0.3, -0.25) is 0 Å². The summed E-state index contributed by atoms with van der Waals surface area (Å²) in [4.78, 5) is 0. The number of hydrogen-bond acceptors (Lipinski definition) is 1. The van der Waals surface area contributed by atoms with Gasteiger partial charge in [0.2, 0.25) is 0 Å². The van der Waals surface area contributed by atoms with Crippen LogP contribution < -0.4 is 5.73 Å². The summed E-state index contributed by atoms with van der Waals surface area (Å²) < 4.78 is 0. The average molecular weight is 167 g/mol. The minimum absolute atomic E-state index is 0.289. The van der Waals surface area contributed by atoms with Crippen LogP contribution in [0.25, 0.3) is 0 Å². The van der Waals surface area contributed by atoms with Crippen molar-refractivity contribution >= 4 is 0 Å². The summed E-state index contributed by atoms with van der Waals surface area (Å²) in [6.07, 6.45) is 4.61. The van der Waals surface area contributed by atoms with Crippen LogP contribution in [0.5, 0.6) is 0 Å². The number of allylic oxidation sites excluding steroid dienone is 1. The molecule has 0 spiro atoms. The Labute approximate surface area is 76.0 Å². The van der Waals surface area contributed by atoms with E-state index in [1.807, 2.05) is 0 Å². The summed E-state index contributed by atoms with van der Waals surface area (Å²) in [6, 6.07) is 0. The fourth-order valence-corrected chi connectivity index (χ4v) is 2.40. The van der Waals surface area contributed by atoms with Gasteiger partial charge in [-0.15, -0.1) is 6.58 Å². The summed E-state index contributed by atoms with van der Waals surface area (Å²) in [7, 11) is 0. The van der Waals surface area contributed by atoms with E-state index in [0.29, 0.717) is 11.3 Å². The Kier molecular flexibility index (Phi) is 2.35. The summed E-state index contributed by atoms with van der Waals surface area (Å²) in [6.45, 7) is 11.7. The highest BCUT2D eigenvalue weighted by Gasteiger charge is 2.48. The van der Waals surface area contributed by atoms with Crippen molar-refractivity contribution in [1.29, 1.82) is 0 Å². The Bertz CT molecular complexity index is 183. The van der Waals surface area contributed by atoms with Crippen LogP contribution in [0.1, 0.15) is 33.6 Å². The van der Waals surface area contributed by atoms with E-state index in [1.54, 1.807) is 0 Å². The maximum absolute atomic E-state index is 5.75. The zero-order chi connectivity index (χ0) is 9.41. The molecule has 1 aliphatic carbocycles. The van der Waals surface area contributed by atoms with Gasteiger partial charge in [-0.05, 0) is 36.1 Å². The first-order chi connectivity index (χ1) is 5.48. The predicted molar refractivity (Wildman–Crippen MR) is 53.9 cm³/mol. The predicted octanol–water partition coefficient (Wildman–Crippen LogP) is 2.57. The molecule has 2 unspecified atom stereocenters. The Morgan fingerprint density at radius 3 is 2.33 bits per heavy atom. The van der Waals surface area contributed by atoms with Crippen molar-refractivity contribution in [1.82, 2.24) is 0 Å². The van der Waals surface area contributed by atoms with E-state index in [4.69, 9.17) is 5.73 Å². The van der Waals surface area contributed by atoms with Crippen LogP contribution in [0.4, 0.5) is 0 Å². The Hall–Kier alpha value is -0.300. The highest BCUT2D eigenvalue weighted by Crippen LogP contribution is 2.55. The van der Waals surface area contributed by atoms with Gasteiger partial charge in [-0.25, -0.2) is 0 Å². The second-order valence-electron chi connectivity index (χ2n) is 4.81. The van der Waals surface area contributed by atoms with Crippen LogP contribution in [-0.2, 0) is 0 Å². The van der Waals surface area contributed by atoms with Crippen molar-refractivity contribution in [3.63, 3.8) is 0 Å². The lowest BCUT2D eigenvalue weighted by molar-refractivity contribution is 0.139. The largest absolute Gasteiger partial charge is 0.330 e. The highest BCUT2D eigenvalue weighted by atomic mass is 14.6. The Morgan fingerprint density at radius 1 is 1.50 bits per heavy atom. The van der Waals surface area contributed by atoms with Crippen LogP contribution in [-0.4, -0.2) is 6.54 Å². The van der Waals surface area contributed by atoms with Gasteiger partial charge >= 0.3 is 0 Å². The zero-order valence-corrected chi connectivity index (χ0v) is 8.56. The molecule has 70 valence electrons. The minimum Gasteiger partial charge on any atom is -0.330 e. The maximum Gasteiger partial charge on any atom is -0.00434 e. The van der Waals surface area contributed by atoms with Crippen molar-refractivity contribution < 1.29 is 0 Å². The Morgan fingerprint density at radius 2 is 2.08 bits per heavy atom. The first kappa shape index (κ1) is 9.79. The molecule has 0 amide bonds. The molecule has 0 radical (unpaired) electrons. The smallest absolute Gasteiger partial charge is 0.00434 e. The molecule has 0 bridgehead atoms. The normalized spacial score (nSPS) is 39.8. The fraction of sp³-hybridized carbons (Fsp3) is 0.818. The highest BCUT2D eigenvalue weighted by molar-refractivity contribution is 5.08. The van der Waals surface area contributed by atoms with Crippen molar-refractivity contribution in [3.05, 3.63) is 12.7 Å². The van der Waals surface area contributed by atoms with Gasteiger partial charge in [0.25, 0.3) is 0 Å². The van der Waals surface area contributed by atoms with Gasteiger partial charge in [-0.2, -0.15) is 0 Å². The summed E-state index contributed by atoms with van der Waals surface area (Å²) in [5, 5.41) is 0. The van der Waals surface area contributed by atoms with Gasteiger partial charge in [0.15, 0.2) is 0 Å². The summed E-state index contributed by atoms with van der Waals surface area (Å²) in [5.41, 5.74) is 6.36. The molecule has 0 aromatic heterocycles.